The smallest absolute Gasteiger partial charge is 0.225 e. The second-order valence-electron chi connectivity index (χ2n) is 5.71. The molecule has 112 valence electrons. The second kappa shape index (κ2) is 7.55. The molecule has 0 spiro atoms. The minimum absolute atomic E-state index is 0.565. The molecule has 1 saturated heterocycles. The van der Waals surface area contributed by atoms with Crippen molar-refractivity contribution < 1.29 is 0 Å². The van der Waals surface area contributed by atoms with Crippen LogP contribution in [0.25, 0.3) is 0 Å². The van der Waals surface area contributed by atoms with Crippen LogP contribution in [0.15, 0.2) is 12.4 Å². The van der Waals surface area contributed by atoms with Crippen molar-refractivity contribution in [2.24, 2.45) is 0 Å². The van der Waals surface area contributed by atoms with Crippen LogP contribution >= 0.6 is 0 Å². The number of nitrogens with one attached hydrogen (secondary N) is 1. The number of nitrogens with zero attached hydrogens (tertiary/aromatic N) is 4. The molecule has 0 unspecified atom stereocenters. The first-order valence-electron chi connectivity index (χ1n) is 7.63. The lowest BCUT2D eigenvalue weighted by Gasteiger charge is -2.35. The summed E-state index contributed by atoms with van der Waals surface area (Å²) in [6, 6.07) is 0.565. The molecule has 0 aromatic carbocycles. The Morgan fingerprint density at radius 3 is 2.55 bits per heavy atom. The Morgan fingerprint density at radius 2 is 1.95 bits per heavy atom. The zero-order chi connectivity index (χ0) is 14.4. The van der Waals surface area contributed by atoms with Crippen molar-refractivity contribution in [3.63, 3.8) is 0 Å². The molecule has 0 amide bonds. The number of anilines is 1. The Kier molecular flexibility index (Phi) is 5.73. The summed E-state index contributed by atoms with van der Waals surface area (Å²) in [4.78, 5) is 13.6. The van der Waals surface area contributed by atoms with Gasteiger partial charge in [0.2, 0.25) is 5.95 Å². The Labute approximate surface area is 122 Å². The first-order chi connectivity index (χ1) is 9.70. The van der Waals surface area contributed by atoms with Gasteiger partial charge in [-0.3, -0.25) is 0 Å². The fraction of sp³-hybridized carbons (Fsp3) is 0.733. The van der Waals surface area contributed by atoms with Crippen LogP contribution in [0.3, 0.4) is 0 Å². The Balaban J connectivity index is 1.88. The fourth-order valence-electron chi connectivity index (χ4n) is 2.58. The summed E-state index contributed by atoms with van der Waals surface area (Å²) < 4.78 is 0. The summed E-state index contributed by atoms with van der Waals surface area (Å²) in [6.45, 7) is 6.38. The minimum atomic E-state index is 0.565. The average molecular weight is 277 g/mol. The standard InChI is InChI=1S/C15H27N5/c1-4-7-16-10-13-11-17-15(18-12-13)20(3)14-5-8-19(2)9-6-14/h11-12,14,16H,4-10H2,1-3H3. The zero-order valence-electron chi connectivity index (χ0n) is 13.0. The van der Waals surface area contributed by atoms with E-state index in [1.165, 1.54) is 12.8 Å². The zero-order valence-corrected chi connectivity index (χ0v) is 13.0. The molecule has 2 rings (SSSR count). The number of piperidine rings is 1. The van der Waals surface area contributed by atoms with Crippen molar-refractivity contribution in [1.82, 2.24) is 20.2 Å². The van der Waals surface area contributed by atoms with Gasteiger partial charge in [0.05, 0.1) is 0 Å². The summed E-state index contributed by atoms with van der Waals surface area (Å²) in [7, 11) is 4.30. The van der Waals surface area contributed by atoms with Crippen LogP contribution in [0.5, 0.6) is 0 Å². The monoisotopic (exact) mass is 277 g/mol. The van der Waals surface area contributed by atoms with Crippen LogP contribution in [-0.4, -0.2) is 54.6 Å². The molecule has 5 nitrogen and oxygen atoms in total. The Hall–Kier alpha value is -1.20. The highest BCUT2D eigenvalue weighted by Crippen LogP contribution is 2.18. The third-order valence-electron chi connectivity index (χ3n) is 4.00. The van der Waals surface area contributed by atoms with Gasteiger partial charge in [-0.25, -0.2) is 9.97 Å². The quantitative estimate of drug-likeness (QED) is 0.799. The predicted octanol–water partition coefficient (Wildman–Crippen LogP) is 1.51. The number of hydrogen-bond acceptors (Lipinski definition) is 5. The van der Waals surface area contributed by atoms with Gasteiger partial charge in [0.15, 0.2) is 0 Å². The second-order valence-corrected chi connectivity index (χ2v) is 5.71. The molecular weight excluding hydrogens is 250 g/mol. The van der Waals surface area contributed by atoms with Crippen LogP contribution in [0.1, 0.15) is 31.7 Å². The lowest BCUT2D eigenvalue weighted by molar-refractivity contribution is 0.252. The molecule has 1 N–H and O–H groups in total. The summed E-state index contributed by atoms with van der Waals surface area (Å²) in [5.74, 6) is 0.846. The van der Waals surface area contributed by atoms with Gasteiger partial charge in [0.1, 0.15) is 0 Å². The van der Waals surface area contributed by atoms with Gasteiger partial charge in [-0.15, -0.1) is 0 Å². The van der Waals surface area contributed by atoms with Crippen LogP contribution in [0.4, 0.5) is 5.95 Å². The third kappa shape index (κ3) is 4.15. The lowest BCUT2D eigenvalue weighted by atomic mass is 10.0. The van der Waals surface area contributed by atoms with E-state index in [9.17, 15) is 0 Å². The summed E-state index contributed by atoms with van der Waals surface area (Å²) in [5.41, 5.74) is 1.15. The molecule has 0 saturated carbocycles. The molecule has 5 heteroatoms. The van der Waals surface area contributed by atoms with Crippen molar-refractivity contribution in [3.8, 4) is 0 Å². The van der Waals surface area contributed by atoms with Crippen molar-refractivity contribution >= 4 is 5.95 Å². The van der Waals surface area contributed by atoms with Crippen LogP contribution in [0, 0.1) is 0 Å². The molecule has 1 aromatic heterocycles. The van der Waals surface area contributed by atoms with Gasteiger partial charge in [-0.05, 0) is 45.9 Å². The molecule has 0 radical (unpaired) electrons. The first-order valence-corrected chi connectivity index (χ1v) is 7.63. The van der Waals surface area contributed by atoms with E-state index in [0.29, 0.717) is 6.04 Å². The fourth-order valence-corrected chi connectivity index (χ4v) is 2.58. The highest BCUT2D eigenvalue weighted by atomic mass is 15.3. The lowest BCUT2D eigenvalue weighted by Crippen LogP contribution is -2.42. The maximum atomic E-state index is 4.51. The number of likely N-dealkylation sites (tertiary alicyclic amines) is 1. The van der Waals surface area contributed by atoms with Crippen molar-refractivity contribution in [2.75, 3.05) is 38.6 Å². The number of aromatic nitrogens is 2. The van der Waals surface area contributed by atoms with E-state index in [1.807, 2.05) is 12.4 Å². The molecular formula is C15H27N5. The highest BCUT2D eigenvalue weighted by molar-refractivity contribution is 5.30. The van der Waals surface area contributed by atoms with Gasteiger partial charge in [-0.1, -0.05) is 6.92 Å². The normalized spacial score (nSPS) is 17.4. The molecule has 1 fully saturated rings. The van der Waals surface area contributed by atoms with Crippen molar-refractivity contribution in [3.05, 3.63) is 18.0 Å². The number of rotatable bonds is 6. The molecule has 0 bridgehead atoms. The number of hydrogen-bond donors (Lipinski definition) is 1. The van der Waals surface area contributed by atoms with E-state index >= 15 is 0 Å². The van der Waals surface area contributed by atoms with Gasteiger partial charge < -0.3 is 15.1 Å². The average Bonchev–Trinajstić information content (AvgIpc) is 2.48. The molecule has 20 heavy (non-hydrogen) atoms. The molecule has 1 aliphatic rings. The molecule has 0 atom stereocenters. The van der Waals surface area contributed by atoms with Gasteiger partial charge in [-0.2, -0.15) is 0 Å². The SMILES string of the molecule is CCCNCc1cnc(N(C)C2CCN(C)CC2)nc1. The Morgan fingerprint density at radius 1 is 1.30 bits per heavy atom. The van der Waals surface area contributed by atoms with E-state index in [-0.39, 0.29) is 0 Å². The molecule has 1 aromatic rings. The van der Waals surface area contributed by atoms with E-state index < -0.39 is 0 Å². The Bertz CT molecular complexity index is 384. The van der Waals surface area contributed by atoms with Gasteiger partial charge in [0.25, 0.3) is 0 Å². The molecule has 1 aliphatic heterocycles. The minimum Gasteiger partial charge on any atom is -0.341 e. The van der Waals surface area contributed by atoms with E-state index in [1.54, 1.807) is 0 Å². The molecule has 2 heterocycles. The van der Waals surface area contributed by atoms with E-state index in [0.717, 1.165) is 44.1 Å². The maximum absolute atomic E-state index is 4.51. The van der Waals surface area contributed by atoms with Crippen molar-refractivity contribution in [1.29, 1.82) is 0 Å². The third-order valence-corrected chi connectivity index (χ3v) is 4.00. The predicted molar refractivity (Wildman–Crippen MR) is 83.0 cm³/mol. The van der Waals surface area contributed by atoms with Crippen molar-refractivity contribution in [2.45, 2.75) is 38.8 Å². The van der Waals surface area contributed by atoms with Crippen LogP contribution in [-0.2, 0) is 6.54 Å². The first kappa shape index (κ1) is 15.2. The highest BCUT2D eigenvalue weighted by Gasteiger charge is 2.21. The van der Waals surface area contributed by atoms with Gasteiger partial charge >= 0.3 is 0 Å². The topological polar surface area (TPSA) is 44.3 Å². The summed E-state index contributed by atoms with van der Waals surface area (Å²) in [6.07, 6.45) is 7.41. The summed E-state index contributed by atoms with van der Waals surface area (Å²) >= 11 is 0. The van der Waals surface area contributed by atoms with Crippen LogP contribution in [0.2, 0.25) is 0 Å². The largest absolute Gasteiger partial charge is 0.341 e. The summed E-state index contributed by atoms with van der Waals surface area (Å²) in [5, 5.41) is 3.37. The van der Waals surface area contributed by atoms with E-state index in [2.05, 4.69) is 46.1 Å². The van der Waals surface area contributed by atoms with E-state index in [4.69, 9.17) is 0 Å². The van der Waals surface area contributed by atoms with Gasteiger partial charge in [0, 0.05) is 37.6 Å². The van der Waals surface area contributed by atoms with Crippen LogP contribution < -0.4 is 10.2 Å². The maximum Gasteiger partial charge on any atom is 0.225 e. The molecule has 0 aliphatic carbocycles.